The summed E-state index contributed by atoms with van der Waals surface area (Å²) < 4.78 is 38.1. The summed E-state index contributed by atoms with van der Waals surface area (Å²) >= 11 is 0. The highest BCUT2D eigenvalue weighted by Crippen LogP contribution is 2.40. The number of aromatic carboxylic acids is 1. The van der Waals surface area contributed by atoms with Crippen LogP contribution in [0.5, 0.6) is 0 Å². The maximum atomic E-state index is 12.7. The summed E-state index contributed by atoms with van der Waals surface area (Å²) in [6.45, 7) is 3.45. The van der Waals surface area contributed by atoms with Crippen molar-refractivity contribution in [2.45, 2.75) is 33.4 Å². The average Bonchev–Trinajstić information content (AvgIpc) is 2.29. The molecule has 0 aliphatic rings. The summed E-state index contributed by atoms with van der Waals surface area (Å²) in [5, 5.41) is 11.2. The Morgan fingerprint density at radius 2 is 1.81 bits per heavy atom. The monoisotopic (exact) mass is 303 g/mol. The number of benzene rings is 1. The number of nitrogens with one attached hydrogen (secondary N) is 1. The zero-order valence-electron chi connectivity index (χ0n) is 11.8. The molecule has 0 aliphatic heterocycles. The molecule has 0 bridgehead atoms. The number of carboxylic acids is 1. The maximum absolute atomic E-state index is 12.7. The summed E-state index contributed by atoms with van der Waals surface area (Å²) in [4.78, 5) is 22.6. The second-order valence-electron chi connectivity index (χ2n) is 5.44. The number of carbonyl (C=O) groups is 2. The van der Waals surface area contributed by atoms with Gasteiger partial charge in [-0.2, -0.15) is 13.2 Å². The first kappa shape index (κ1) is 17.0. The van der Waals surface area contributed by atoms with Gasteiger partial charge in [0.25, 0.3) is 0 Å². The van der Waals surface area contributed by atoms with E-state index in [4.69, 9.17) is 5.11 Å². The summed E-state index contributed by atoms with van der Waals surface area (Å²) in [5.41, 5.74) is -1.52. The Balaban J connectivity index is 2.85. The van der Waals surface area contributed by atoms with Gasteiger partial charge in [-0.25, -0.2) is 4.79 Å². The van der Waals surface area contributed by atoms with E-state index >= 15 is 0 Å². The van der Waals surface area contributed by atoms with E-state index in [0.29, 0.717) is 5.56 Å². The Hall–Kier alpha value is -2.05. The van der Waals surface area contributed by atoms with E-state index in [9.17, 15) is 22.8 Å². The van der Waals surface area contributed by atoms with E-state index in [1.807, 2.05) is 0 Å². The average molecular weight is 303 g/mol. The van der Waals surface area contributed by atoms with Gasteiger partial charge in [0.2, 0.25) is 5.91 Å². The molecule has 1 aromatic rings. The van der Waals surface area contributed by atoms with Crippen LogP contribution in [-0.2, 0) is 4.79 Å². The molecule has 0 saturated heterocycles. The molecule has 0 unspecified atom stereocenters. The van der Waals surface area contributed by atoms with Crippen molar-refractivity contribution in [3.05, 3.63) is 29.3 Å². The normalized spacial score (nSPS) is 12.1. The highest BCUT2D eigenvalue weighted by atomic mass is 19.4. The van der Waals surface area contributed by atoms with Crippen molar-refractivity contribution in [2.75, 3.05) is 5.32 Å². The molecule has 116 valence electrons. The molecule has 1 aromatic carbocycles. The van der Waals surface area contributed by atoms with Crippen molar-refractivity contribution in [3.63, 3.8) is 0 Å². The third-order valence-corrected chi connectivity index (χ3v) is 3.12. The van der Waals surface area contributed by atoms with Crippen molar-refractivity contribution in [2.24, 2.45) is 5.41 Å². The van der Waals surface area contributed by atoms with Crippen LogP contribution < -0.4 is 5.32 Å². The van der Waals surface area contributed by atoms with Crippen LogP contribution in [0.15, 0.2) is 18.2 Å². The first-order valence-corrected chi connectivity index (χ1v) is 6.14. The minimum absolute atomic E-state index is 0.0112. The molecule has 0 heterocycles. The number of amides is 1. The molecule has 4 nitrogen and oxygen atoms in total. The predicted molar refractivity (Wildman–Crippen MR) is 71.2 cm³/mol. The zero-order chi connectivity index (χ0) is 16.4. The highest BCUT2D eigenvalue weighted by molar-refractivity contribution is 5.95. The third kappa shape index (κ3) is 4.21. The molecular weight excluding hydrogens is 287 g/mol. The lowest BCUT2D eigenvalue weighted by Crippen LogP contribution is -2.35. The van der Waals surface area contributed by atoms with E-state index in [0.717, 1.165) is 13.8 Å². The third-order valence-electron chi connectivity index (χ3n) is 3.12. The van der Waals surface area contributed by atoms with Gasteiger partial charge in [-0.3, -0.25) is 4.79 Å². The number of carboxylic acid groups (broad SMARTS) is 1. The first-order valence-electron chi connectivity index (χ1n) is 6.14. The summed E-state index contributed by atoms with van der Waals surface area (Å²) in [6, 6.07) is 4.14. The number of rotatable bonds is 4. The number of halogens is 3. The highest BCUT2D eigenvalue weighted by Gasteiger charge is 2.48. The molecular formula is C14H16F3NO3. The van der Waals surface area contributed by atoms with Crippen LogP contribution >= 0.6 is 0 Å². The van der Waals surface area contributed by atoms with Crippen LogP contribution in [0, 0.1) is 12.3 Å². The fourth-order valence-electron chi connectivity index (χ4n) is 1.64. The van der Waals surface area contributed by atoms with E-state index in [1.54, 1.807) is 6.92 Å². The number of anilines is 1. The lowest BCUT2D eigenvalue weighted by molar-refractivity contribution is -0.213. The Labute approximate surface area is 120 Å². The molecule has 21 heavy (non-hydrogen) atoms. The molecule has 0 fully saturated rings. The van der Waals surface area contributed by atoms with Gasteiger partial charge in [0.15, 0.2) is 0 Å². The standard InChI is InChI=1S/C14H16F3NO3/c1-8-4-5-9(6-10(8)12(20)21)18-11(19)7-13(2,3)14(15,16)17/h4-6H,7H2,1-3H3,(H,18,19)(H,20,21). The molecule has 0 aliphatic carbocycles. The Morgan fingerprint density at radius 1 is 1.24 bits per heavy atom. The Bertz CT molecular complexity index is 565. The van der Waals surface area contributed by atoms with Crippen LogP contribution in [0.1, 0.15) is 36.2 Å². The van der Waals surface area contributed by atoms with Gasteiger partial charge < -0.3 is 10.4 Å². The lowest BCUT2D eigenvalue weighted by Gasteiger charge is -2.26. The van der Waals surface area contributed by atoms with Gasteiger partial charge in [-0.15, -0.1) is 0 Å². The number of carbonyl (C=O) groups excluding carboxylic acids is 1. The maximum Gasteiger partial charge on any atom is 0.394 e. The second kappa shape index (κ2) is 5.75. The van der Waals surface area contributed by atoms with Gasteiger partial charge in [0.1, 0.15) is 0 Å². The molecule has 0 aromatic heterocycles. The topological polar surface area (TPSA) is 66.4 Å². The van der Waals surface area contributed by atoms with Crippen LogP contribution in [0.2, 0.25) is 0 Å². The van der Waals surface area contributed by atoms with Gasteiger partial charge >= 0.3 is 12.1 Å². The summed E-state index contributed by atoms with van der Waals surface area (Å²) in [5.74, 6) is -1.99. The quantitative estimate of drug-likeness (QED) is 0.893. The molecule has 1 amide bonds. The number of alkyl halides is 3. The molecule has 0 atom stereocenters. The van der Waals surface area contributed by atoms with Crippen LogP contribution in [0.4, 0.5) is 18.9 Å². The van der Waals surface area contributed by atoms with Crippen molar-refractivity contribution < 1.29 is 27.9 Å². The van der Waals surface area contributed by atoms with Crippen LogP contribution in [0.25, 0.3) is 0 Å². The van der Waals surface area contributed by atoms with E-state index in [-0.39, 0.29) is 11.3 Å². The van der Waals surface area contributed by atoms with E-state index in [1.165, 1.54) is 18.2 Å². The largest absolute Gasteiger partial charge is 0.478 e. The minimum atomic E-state index is -4.50. The predicted octanol–water partition coefficient (Wildman–Crippen LogP) is 3.61. The zero-order valence-corrected chi connectivity index (χ0v) is 11.8. The van der Waals surface area contributed by atoms with Crippen molar-refractivity contribution >= 4 is 17.6 Å². The van der Waals surface area contributed by atoms with E-state index < -0.39 is 29.9 Å². The van der Waals surface area contributed by atoms with Gasteiger partial charge in [-0.1, -0.05) is 19.9 Å². The Kier molecular flexibility index (Phi) is 4.65. The fraction of sp³-hybridized carbons (Fsp3) is 0.429. The minimum Gasteiger partial charge on any atom is -0.478 e. The van der Waals surface area contributed by atoms with Crippen molar-refractivity contribution in [3.8, 4) is 0 Å². The van der Waals surface area contributed by atoms with Crippen LogP contribution in [-0.4, -0.2) is 23.2 Å². The van der Waals surface area contributed by atoms with Crippen LogP contribution in [0.3, 0.4) is 0 Å². The molecule has 0 saturated carbocycles. The first-order chi connectivity index (χ1) is 9.44. The molecule has 1 rings (SSSR count). The van der Waals surface area contributed by atoms with Gasteiger partial charge in [0, 0.05) is 12.1 Å². The van der Waals surface area contributed by atoms with Crippen molar-refractivity contribution in [1.29, 1.82) is 0 Å². The van der Waals surface area contributed by atoms with E-state index in [2.05, 4.69) is 5.32 Å². The smallest absolute Gasteiger partial charge is 0.394 e. The number of hydrogen-bond acceptors (Lipinski definition) is 2. The summed E-state index contributed by atoms with van der Waals surface area (Å²) in [7, 11) is 0. The SMILES string of the molecule is Cc1ccc(NC(=O)CC(C)(C)C(F)(F)F)cc1C(=O)O. The Morgan fingerprint density at radius 3 is 2.29 bits per heavy atom. The lowest BCUT2D eigenvalue weighted by atomic mass is 9.88. The number of aryl methyl sites for hydroxylation is 1. The second-order valence-corrected chi connectivity index (χ2v) is 5.44. The fourth-order valence-corrected chi connectivity index (χ4v) is 1.64. The number of hydrogen-bond donors (Lipinski definition) is 2. The van der Waals surface area contributed by atoms with Gasteiger partial charge in [-0.05, 0) is 24.6 Å². The van der Waals surface area contributed by atoms with Gasteiger partial charge in [0.05, 0.1) is 11.0 Å². The molecule has 0 radical (unpaired) electrons. The molecule has 0 spiro atoms. The molecule has 2 N–H and O–H groups in total. The summed E-state index contributed by atoms with van der Waals surface area (Å²) in [6.07, 6.45) is -5.24. The molecule has 7 heteroatoms. The van der Waals surface area contributed by atoms with Crippen molar-refractivity contribution in [1.82, 2.24) is 0 Å².